The number of rotatable bonds is 5. The summed E-state index contributed by atoms with van der Waals surface area (Å²) in [5, 5.41) is 10.6. The number of hydrogen-bond acceptors (Lipinski definition) is 6. The van der Waals surface area contributed by atoms with Crippen molar-refractivity contribution in [1.82, 2.24) is 4.72 Å². The lowest BCUT2D eigenvalue weighted by molar-refractivity contribution is -0.117. The minimum Gasteiger partial charge on any atom is -0.506 e. The molecule has 0 aliphatic carbocycles. The highest BCUT2D eigenvalue weighted by Crippen LogP contribution is 2.39. The molecule has 1 aliphatic rings. The molecule has 1 saturated heterocycles. The predicted molar refractivity (Wildman–Crippen MR) is 97.9 cm³/mol. The summed E-state index contributed by atoms with van der Waals surface area (Å²) in [6, 6.07) is 7.64. The van der Waals surface area contributed by atoms with Gasteiger partial charge in [-0.2, -0.15) is 8.42 Å². The highest BCUT2D eigenvalue weighted by Gasteiger charge is 2.37. The average molecular weight is 406 g/mol. The van der Waals surface area contributed by atoms with Gasteiger partial charge in [-0.1, -0.05) is 6.07 Å². The Morgan fingerprint density at radius 3 is 2.79 bits per heavy atom. The Morgan fingerprint density at radius 1 is 1.29 bits per heavy atom. The van der Waals surface area contributed by atoms with Gasteiger partial charge in [0.05, 0.1) is 19.1 Å². The molecule has 3 aromatic rings. The van der Waals surface area contributed by atoms with Crippen LogP contribution < -0.4 is 13.8 Å². The fourth-order valence-electron chi connectivity index (χ4n) is 3.00. The molecule has 8 nitrogen and oxygen atoms in total. The number of carbonyl (C=O) groups is 1. The number of phenolic OH excluding ortho intramolecular Hbond substituents is 1. The van der Waals surface area contributed by atoms with Crippen LogP contribution in [0.25, 0.3) is 10.8 Å². The summed E-state index contributed by atoms with van der Waals surface area (Å²) in [4.78, 5) is 11.4. The maximum Gasteiger partial charge on any atom is 0.326 e. The summed E-state index contributed by atoms with van der Waals surface area (Å²) < 4.78 is 52.0. The number of amides is 1. The van der Waals surface area contributed by atoms with Crippen molar-refractivity contribution in [3.63, 3.8) is 0 Å². The second-order valence-electron chi connectivity index (χ2n) is 6.21. The van der Waals surface area contributed by atoms with Gasteiger partial charge in [-0.05, 0) is 35.2 Å². The third kappa shape index (κ3) is 3.22. The van der Waals surface area contributed by atoms with E-state index in [9.17, 15) is 18.3 Å². The summed E-state index contributed by atoms with van der Waals surface area (Å²) in [5.41, 5.74) is 0.372. The Hall–Kier alpha value is -3.27. The van der Waals surface area contributed by atoms with Crippen LogP contribution in [-0.4, -0.2) is 32.6 Å². The highest BCUT2D eigenvalue weighted by molar-refractivity contribution is 7.92. The fourth-order valence-corrected chi connectivity index (χ4v) is 4.17. The van der Waals surface area contributed by atoms with Crippen molar-refractivity contribution < 1.29 is 31.9 Å². The Bertz CT molecular complexity index is 1160. The van der Waals surface area contributed by atoms with Gasteiger partial charge in [-0.25, -0.2) is 13.4 Å². The molecular formula is C18H15FN2O6S. The number of hydrogen-bond donors (Lipinski definition) is 2. The number of fused-ring (bicyclic) bond motifs is 1. The van der Waals surface area contributed by atoms with Gasteiger partial charge in [0.25, 0.3) is 5.91 Å². The van der Waals surface area contributed by atoms with Gasteiger partial charge in [-0.15, -0.1) is 0 Å². The van der Waals surface area contributed by atoms with Crippen LogP contribution in [-0.2, 0) is 21.4 Å². The molecule has 0 atom stereocenters. The third-order valence-corrected chi connectivity index (χ3v) is 5.69. The number of nitrogens with zero attached hydrogens (tertiary/aromatic N) is 1. The molecule has 28 heavy (non-hydrogen) atoms. The Labute approximate surface area is 159 Å². The highest BCUT2D eigenvalue weighted by atomic mass is 32.2. The zero-order chi connectivity index (χ0) is 19.9. The molecule has 2 N–H and O–H groups in total. The zero-order valence-corrected chi connectivity index (χ0v) is 15.2. The molecule has 146 valence electrons. The van der Waals surface area contributed by atoms with Crippen molar-refractivity contribution in [2.24, 2.45) is 0 Å². The summed E-state index contributed by atoms with van der Waals surface area (Å²) in [7, 11) is -4.26. The monoisotopic (exact) mass is 406 g/mol. The Kier molecular flexibility index (Phi) is 4.34. The van der Waals surface area contributed by atoms with E-state index >= 15 is 4.39 Å². The smallest absolute Gasteiger partial charge is 0.326 e. The number of carbonyl (C=O) groups excluding carboxylic acids is 1. The molecule has 1 amide bonds. The van der Waals surface area contributed by atoms with E-state index in [-0.39, 0.29) is 5.39 Å². The lowest BCUT2D eigenvalue weighted by atomic mass is 10.1. The maximum absolute atomic E-state index is 15.1. The van der Waals surface area contributed by atoms with E-state index in [0.29, 0.717) is 28.5 Å². The molecule has 0 spiro atoms. The van der Waals surface area contributed by atoms with Crippen LogP contribution >= 0.6 is 0 Å². The van der Waals surface area contributed by atoms with Crippen molar-refractivity contribution in [1.29, 1.82) is 0 Å². The van der Waals surface area contributed by atoms with Gasteiger partial charge in [0.2, 0.25) is 0 Å². The third-order valence-electron chi connectivity index (χ3n) is 4.31. The van der Waals surface area contributed by atoms with Crippen LogP contribution in [0.2, 0.25) is 0 Å². The number of anilines is 1. The quantitative estimate of drug-likeness (QED) is 0.672. The minimum atomic E-state index is -4.26. The van der Waals surface area contributed by atoms with E-state index in [1.54, 1.807) is 29.4 Å². The number of benzene rings is 2. The molecule has 0 radical (unpaired) electrons. The van der Waals surface area contributed by atoms with E-state index in [4.69, 9.17) is 9.15 Å². The number of aromatic hydroxyl groups is 1. The largest absolute Gasteiger partial charge is 0.506 e. The number of ether oxygens (including phenoxy) is 1. The Morgan fingerprint density at radius 2 is 2.11 bits per heavy atom. The van der Waals surface area contributed by atoms with Gasteiger partial charge >= 0.3 is 10.2 Å². The summed E-state index contributed by atoms with van der Waals surface area (Å²) in [5.74, 6) is -1.98. The van der Waals surface area contributed by atoms with Crippen LogP contribution in [0, 0.1) is 5.82 Å². The molecule has 1 aliphatic heterocycles. The standard InChI is InChI=1S/C18H15FN2O6S/c19-17-14-8-13(27-6-4-11-3-5-26-10-11)2-1-12(14)7-15(22)18(17)21-9-16(23)20-28(21,24)25/h1-3,5,7-8,10,22H,4,6,9H2,(H,20,23). The van der Waals surface area contributed by atoms with Crippen molar-refractivity contribution in [2.45, 2.75) is 6.42 Å². The second-order valence-corrected chi connectivity index (χ2v) is 7.80. The van der Waals surface area contributed by atoms with E-state index in [2.05, 4.69) is 0 Å². The van der Waals surface area contributed by atoms with Crippen molar-refractivity contribution in [3.8, 4) is 11.5 Å². The summed E-state index contributed by atoms with van der Waals surface area (Å²) >= 11 is 0. The minimum absolute atomic E-state index is 0.0585. The molecule has 10 heteroatoms. The SMILES string of the molecule is O=C1CN(c2c(O)cc3ccc(OCCc4ccoc4)cc3c2F)S(=O)(=O)N1. The number of furan rings is 1. The molecule has 2 heterocycles. The molecule has 0 saturated carbocycles. The number of phenols is 1. The summed E-state index contributed by atoms with van der Waals surface area (Å²) in [6.07, 6.45) is 3.75. The van der Waals surface area contributed by atoms with Crippen LogP contribution in [0.15, 0.2) is 47.3 Å². The predicted octanol–water partition coefficient (Wildman–Crippen LogP) is 2.08. The topological polar surface area (TPSA) is 109 Å². The molecule has 1 aromatic heterocycles. The first-order chi connectivity index (χ1) is 13.3. The van der Waals surface area contributed by atoms with Crippen LogP contribution in [0.4, 0.5) is 10.1 Å². The first kappa shape index (κ1) is 18.1. The van der Waals surface area contributed by atoms with Gasteiger partial charge in [0.1, 0.15) is 23.7 Å². The van der Waals surface area contributed by atoms with Gasteiger partial charge in [-0.3, -0.25) is 4.79 Å². The van der Waals surface area contributed by atoms with Crippen molar-refractivity contribution >= 4 is 32.6 Å². The van der Waals surface area contributed by atoms with Gasteiger partial charge in [0, 0.05) is 11.8 Å². The van der Waals surface area contributed by atoms with E-state index in [1.165, 1.54) is 12.1 Å². The first-order valence-electron chi connectivity index (χ1n) is 8.27. The van der Waals surface area contributed by atoms with Crippen molar-refractivity contribution in [2.75, 3.05) is 17.5 Å². The Balaban J connectivity index is 1.67. The van der Waals surface area contributed by atoms with Crippen molar-refractivity contribution in [3.05, 3.63) is 54.2 Å². The number of halogens is 1. The van der Waals surface area contributed by atoms with E-state index in [1.807, 2.05) is 6.07 Å². The van der Waals surface area contributed by atoms with E-state index < -0.39 is 39.9 Å². The van der Waals surface area contributed by atoms with E-state index in [0.717, 1.165) is 5.56 Å². The normalized spacial score (nSPS) is 15.8. The fraction of sp³-hybridized carbons (Fsp3) is 0.167. The molecule has 4 rings (SSSR count). The lowest BCUT2D eigenvalue weighted by Crippen LogP contribution is -2.30. The second kappa shape index (κ2) is 6.71. The first-order valence-corrected chi connectivity index (χ1v) is 9.71. The maximum atomic E-state index is 15.1. The summed E-state index contributed by atoms with van der Waals surface area (Å²) in [6.45, 7) is -0.282. The molecule has 0 unspecified atom stereocenters. The van der Waals surface area contributed by atoms with Gasteiger partial charge < -0.3 is 14.3 Å². The van der Waals surface area contributed by atoms with Crippen LogP contribution in [0.5, 0.6) is 11.5 Å². The molecule has 2 aromatic carbocycles. The molecule has 1 fully saturated rings. The number of nitrogens with one attached hydrogen (secondary N) is 1. The van der Waals surface area contributed by atoms with Gasteiger partial charge in [0.15, 0.2) is 5.82 Å². The lowest BCUT2D eigenvalue weighted by Gasteiger charge is -2.18. The molecular weight excluding hydrogens is 391 g/mol. The van der Waals surface area contributed by atoms with Crippen LogP contribution in [0.3, 0.4) is 0 Å². The zero-order valence-electron chi connectivity index (χ0n) is 14.4. The van der Waals surface area contributed by atoms with Crippen LogP contribution in [0.1, 0.15) is 5.56 Å². The average Bonchev–Trinajstić information content (AvgIpc) is 3.23. The molecule has 0 bridgehead atoms.